The molecule has 3 heterocycles. The second-order valence-corrected chi connectivity index (χ2v) is 9.15. The number of carbonyl (C=O) groups is 1. The minimum atomic E-state index is 0.280. The van der Waals surface area contributed by atoms with Gasteiger partial charge in [0.05, 0.1) is 11.7 Å². The van der Waals surface area contributed by atoms with E-state index in [1.54, 1.807) is 4.90 Å². The molecule has 0 spiro atoms. The molecule has 1 saturated heterocycles. The molecule has 0 atom stereocenters. The Morgan fingerprint density at radius 1 is 1.19 bits per heavy atom. The van der Waals surface area contributed by atoms with Gasteiger partial charge in [-0.15, -0.1) is 0 Å². The van der Waals surface area contributed by atoms with Crippen LogP contribution in [0.4, 0.5) is 6.01 Å². The highest BCUT2D eigenvalue weighted by Crippen LogP contribution is 2.47. The third-order valence-corrected chi connectivity index (χ3v) is 6.45. The van der Waals surface area contributed by atoms with Gasteiger partial charge >= 0.3 is 6.01 Å². The standard InChI is InChI=1S/C17H20N6O2.C6H12/c1-12(2)23-15-9-13(3-4-14(15)10-18-23)16-19-17(25-20-16)22-7-5-21(11-24)6-8-22;1-3-6(2)4-5-6/h3-4,9-12H,5-8H2,1-2H3;3-5H2,1-2H3. The Hall–Kier alpha value is -2.90. The van der Waals surface area contributed by atoms with Crippen molar-refractivity contribution in [1.29, 1.82) is 0 Å². The maximum atomic E-state index is 10.8. The fourth-order valence-electron chi connectivity index (χ4n) is 3.64. The molecule has 3 aromatic rings. The van der Waals surface area contributed by atoms with Crippen molar-refractivity contribution in [2.45, 2.75) is 53.0 Å². The third kappa shape index (κ3) is 4.73. The first-order valence-corrected chi connectivity index (χ1v) is 11.2. The first-order valence-electron chi connectivity index (χ1n) is 11.2. The predicted molar refractivity (Wildman–Crippen MR) is 121 cm³/mol. The predicted octanol–water partition coefficient (Wildman–Crippen LogP) is 4.14. The average molecular weight is 425 g/mol. The highest BCUT2D eigenvalue weighted by atomic mass is 16.5. The molecule has 1 saturated carbocycles. The van der Waals surface area contributed by atoms with Crippen LogP contribution in [0.2, 0.25) is 0 Å². The van der Waals surface area contributed by atoms with Gasteiger partial charge in [-0.1, -0.05) is 37.6 Å². The Morgan fingerprint density at radius 3 is 2.52 bits per heavy atom. The lowest BCUT2D eigenvalue weighted by Crippen LogP contribution is -2.45. The highest BCUT2D eigenvalue weighted by Gasteiger charge is 2.34. The van der Waals surface area contributed by atoms with E-state index in [2.05, 4.69) is 42.9 Å². The van der Waals surface area contributed by atoms with Gasteiger partial charge in [0.25, 0.3) is 0 Å². The molecule has 8 nitrogen and oxygen atoms in total. The van der Waals surface area contributed by atoms with Crippen LogP contribution in [0.3, 0.4) is 0 Å². The van der Waals surface area contributed by atoms with E-state index >= 15 is 0 Å². The van der Waals surface area contributed by atoms with E-state index in [0.29, 0.717) is 38.0 Å². The Balaban J connectivity index is 0.000000334. The van der Waals surface area contributed by atoms with Gasteiger partial charge in [0, 0.05) is 43.2 Å². The molecule has 0 bridgehead atoms. The minimum absolute atomic E-state index is 0.280. The number of hydrogen-bond acceptors (Lipinski definition) is 6. The Morgan fingerprint density at radius 2 is 1.94 bits per heavy atom. The van der Waals surface area contributed by atoms with Crippen LogP contribution in [0, 0.1) is 5.41 Å². The number of rotatable bonds is 5. The molecule has 31 heavy (non-hydrogen) atoms. The number of fused-ring (bicyclic) bond motifs is 1. The van der Waals surface area contributed by atoms with Crippen LogP contribution in [0.15, 0.2) is 28.9 Å². The second-order valence-electron chi connectivity index (χ2n) is 9.15. The molecule has 0 N–H and O–H groups in total. The molecule has 0 unspecified atom stereocenters. The van der Waals surface area contributed by atoms with Gasteiger partial charge in [-0.05, 0) is 38.2 Å². The topological polar surface area (TPSA) is 80.3 Å². The van der Waals surface area contributed by atoms with E-state index in [4.69, 9.17) is 4.52 Å². The van der Waals surface area contributed by atoms with Crippen LogP contribution < -0.4 is 4.90 Å². The van der Waals surface area contributed by atoms with E-state index < -0.39 is 0 Å². The van der Waals surface area contributed by atoms with Crippen molar-refractivity contribution < 1.29 is 9.32 Å². The maximum absolute atomic E-state index is 10.8. The Kier molecular flexibility index (Phi) is 5.98. The molecule has 2 fully saturated rings. The van der Waals surface area contributed by atoms with E-state index in [-0.39, 0.29) is 6.04 Å². The molecule has 1 aliphatic carbocycles. The summed E-state index contributed by atoms with van der Waals surface area (Å²) in [6, 6.07) is 6.82. The number of amides is 1. The van der Waals surface area contributed by atoms with Crippen LogP contribution >= 0.6 is 0 Å². The largest absolute Gasteiger partial charge is 0.342 e. The summed E-state index contributed by atoms with van der Waals surface area (Å²) in [6.07, 6.45) is 7.08. The zero-order valence-corrected chi connectivity index (χ0v) is 18.9. The summed E-state index contributed by atoms with van der Waals surface area (Å²) in [5.41, 5.74) is 2.75. The third-order valence-electron chi connectivity index (χ3n) is 6.45. The molecule has 2 aromatic heterocycles. The zero-order valence-electron chi connectivity index (χ0n) is 18.9. The van der Waals surface area contributed by atoms with Crippen LogP contribution in [0.25, 0.3) is 22.3 Å². The number of anilines is 1. The molecular formula is C23H32N6O2. The molecule has 0 radical (unpaired) electrons. The van der Waals surface area contributed by atoms with Crippen molar-refractivity contribution in [1.82, 2.24) is 24.8 Å². The number of benzene rings is 1. The number of carbonyl (C=O) groups excluding carboxylic acids is 1. The number of hydrogen-bond donors (Lipinski definition) is 0. The van der Waals surface area contributed by atoms with Gasteiger partial charge in [0.15, 0.2) is 0 Å². The summed E-state index contributed by atoms with van der Waals surface area (Å²) in [5, 5.41) is 9.65. The van der Waals surface area contributed by atoms with Crippen molar-refractivity contribution in [3.63, 3.8) is 0 Å². The van der Waals surface area contributed by atoms with Gasteiger partial charge < -0.3 is 14.3 Å². The van der Waals surface area contributed by atoms with Crippen molar-refractivity contribution in [3.05, 3.63) is 24.4 Å². The van der Waals surface area contributed by atoms with Gasteiger partial charge in [-0.2, -0.15) is 10.1 Å². The molecule has 8 heteroatoms. The summed E-state index contributed by atoms with van der Waals surface area (Å²) >= 11 is 0. The molecular weight excluding hydrogens is 392 g/mol. The summed E-state index contributed by atoms with van der Waals surface area (Å²) in [6.45, 7) is 11.6. The fraction of sp³-hybridized carbons (Fsp3) is 0.565. The molecule has 166 valence electrons. The molecule has 1 aromatic carbocycles. The number of aromatic nitrogens is 4. The lowest BCUT2D eigenvalue weighted by Gasteiger charge is -2.30. The van der Waals surface area contributed by atoms with E-state index in [1.165, 1.54) is 19.3 Å². The molecule has 5 rings (SSSR count). The molecule has 1 amide bonds. The van der Waals surface area contributed by atoms with Gasteiger partial charge in [-0.25, -0.2) is 0 Å². The summed E-state index contributed by atoms with van der Waals surface area (Å²) in [7, 11) is 0. The normalized spacial score (nSPS) is 17.6. The first-order chi connectivity index (χ1) is 14.9. The highest BCUT2D eigenvalue weighted by molar-refractivity contribution is 5.83. The smallest absolute Gasteiger partial charge is 0.324 e. The monoisotopic (exact) mass is 424 g/mol. The summed E-state index contributed by atoms with van der Waals surface area (Å²) < 4.78 is 7.42. The number of nitrogens with zero attached hydrogens (tertiary/aromatic N) is 6. The lowest BCUT2D eigenvalue weighted by molar-refractivity contribution is -0.118. The van der Waals surface area contributed by atoms with Gasteiger partial charge in [-0.3, -0.25) is 9.48 Å². The Bertz CT molecular complexity index is 1030. The Labute approximate surface area is 183 Å². The quantitative estimate of drug-likeness (QED) is 0.573. The second kappa shape index (κ2) is 8.69. The van der Waals surface area contributed by atoms with Gasteiger partial charge in [0.2, 0.25) is 12.2 Å². The van der Waals surface area contributed by atoms with Crippen LogP contribution in [-0.2, 0) is 4.79 Å². The van der Waals surface area contributed by atoms with Crippen molar-refractivity contribution >= 4 is 23.3 Å². The van der Waals surface area contributed by atoms with Gasteiger partial charge in [0.1, 0.15) is 0 Å². The van der Waals surface area contributed by atoms with Crippen LogP contribution in [0.5, 0.6) is 0 Å². The van der Waals surface area contributed by atoms with E-state index in [0.717, 1.165) is 28.3 Å². The van der Waals surface area contributed by atoms with Crippen molar-refractivity contribution in [2.24, 2.45) is 5.41 Å². The lowest BCUT2D eigenvalue weighted by atomic mass is 10.1. The van der Waals surface area contributed by atoms with Crippen molar-refractivity contribution in [3.8, 4) is 11.4 Å². The zero-order chi connectivity index (χ0) is 22.0. The van der Waals surface area contributed by atoms with Crippen LogP contribution in [-0.4, -0.2) is 57.4 Å². The average Bonchev–Trinajstić information content (AvgIpc) is 3.19. The van der Waals surface area contributed by atoms with E-state index in [1.807, 2.05) is 34.0 Å². The summed E-state index contributed by atoms with van der Waals surface area (Å²) in [4.78, 5) is 19.1. The minimum Gasteiger partial charge on any atom is -0.342 e. The SMILES string of the molecule is CC(C)n1ncc2ccc(-c3noc(N4CCN(C=O)CC4)n3)cc21.CCC1(C)CC1. The van der Waals surface area contributed by atoms with Crippen LogP contribution in [0.1, 0.15) is 53.0 Å². The molecule has 2 aliphatic rings. The van der Waals surface area contributed by atoms with Crippen molar-refractivity contribution in [2.75, 3.05) is 31.1 Å². The maximum Gasteiger partial charge on any atom is 0.324 e. The number of piperazine rings is 1. The van der Waals surface area contributed by atoms with E-state index in [9.17, 15) is 4.79 Å². The summed E-state index contributed by atoms with van der Waals surface area (Å²) in [5.74, 6) is 0.561. The first kappa shape index (κ1) is 21.3. The molecule has 1 aliphatic heterocycles. The fourth-order valence-corrected chi connectivity index (χ4v) is 3.64.